The van der Waals surface area contributed by atoms with Gasteiger partial charge in [-0.3, -0.25) is 13.9 Å². The third kappa shape index (κ3) is 5.71. The summed E-state index contributed by atoms with van der Waals surface area (Å²) in [6, 6.07) is 20.6. The summed E-state index contributed by atoms with van der Waals surface area (Å²) in [5.41, 5.74) is 2.73. The number of carbonyl (C=O) groups excluding carboxylic acids is 2. The highest BCUT2D eigenvalue weighted by Crippen LogP contribution is 2.30. The van der Waals surface area contributed by atoms with E-state index in [9.17, 15) is 18.0 Å². The molecule has 0 radical (unpaired) electrons. The van der Waals surface area contributed by atoms with Gasteiger partial charge in [0.15, 0.2) is 0 Å². The highest BCUT2D eigenvalue weighted by molar-refractivity contribution is 7.92. The van der Waals surface area contributed by atoms with Crippen molar-refractivity contribution in [2.75, 3.05) is 17.4 Å². The molecule has 1 saturated heterocycles. The Hall–Kier alpha value is -3.36. The number of benzene rings is 3. The maximum Gasteiger partial charge on any atom is 0.264 e. The molecule has 1 aliphatic rings. The molecule has 9 heteroatoms. The van der Waals surface area contributed by atoms with Crippen LogP contribution in [0.5, 0.6) is 0 Å². The summed E-state index contributed by atoms with van der Waals surface area (Å²) in [6.45, 7) is 2.74. The summed E-state index contributed by atoms with van der Waals surface area (Å²) in [4.78, 5) is 27.0. The van der Waals surface area contributed by atoms with Gasteiger partial charge in [-0.1, -0.05) is 60.1 Å². The van der Waals surface area contributed by atoms with Gasteiger partial charge in [0.1, 0.15) is 6.54 Å². The highest BCUT2D eigenvalue weighted by Gasteiger charge is 2.29. The number of rotatable bonds is 9. The van der Waals surface area contributed by atoms with Crippen LogP contribution in [-0.4, -0.2) is 38.2 Å². The van der Waals surface area contributed by atoms with Gasteiger partial charge in [-0.05, 0) is 54.3 Å². The zero-order valence-corrected chi connectivity index (χ0v) is 21.6. The fraction of sp³-hybridized carbons (Fsp3) is 0.259. The van der Waals surface area contributed by atoms with Gasteiger partial charge >= 0.3 is 0 Å². The lowest BCUT2D eigenvalue weighted by molar-refractivity contribution is -0.128. The average Bonchev–Trinajstić information content (AvgIpc) is 3.28. The Kier molecular flexibility index (Phi) is 7.96. The number of nitrogens with zero attached hydrogens (tertiary/aromatic N) is 2. The van der Waals surface area contributed by atoms with Crippen molar-refractivity contribution in [1.29, 1.82) is 0 Å². The fourth-order valence-corrected chi connectivity index (χ4v) is 5.90. The second-order valence-corrected chi connectivity index (χ2v) is 10.9. The van der Waals surface area contributed by atoms with Gasteiger partial charge in [-0.15, -0.1) is 0 Å². The lowest BCUT2D eigenvalue weighted by atomic mass is 10.1. The second-order valence-electron chi connectivity index (χ2n) is 8.67. The van der Waals surface area contributed by atoms with E-state index in [1.807, 2.05) is 29.2 Å². The summed E-state index contributed by atoms with van der Waals surface area (Å²) in [5, 5.41) is 3.26. The first-order chi connectivity index (χ1) is 17.3. The first-order valence-electron chi connectivity index (χ1n) is 11.7. The van der Waals surface area contributed by atoms with Gasteiger partial charge < -0.3 is 10.2 Å². The minimum Gasteiger partial charge on any atom is -0.350 e. The van der Waals surface area contributed by atoms with Crippen molar-refractivity contribution >= 4 is 39.1 Å². The number of likely N-dealkylation sites (tertiary alicyclic amines) is 1. The van der Waals surface area contributed by atoms with Crippen molar-refractivity contribution in [1.82, 2.24) is 10.2 Å². The van der Waals surface area contributed by atoms with Crippen LogP contribution in [0.4, 0.5) is 5.69 Å². The van der Waals surface area contributed by atoms with Crippen molar-refractivity contribution in [3.63, 3.8) is 0 Å². The number of hydrogen-bond acceptors (Lipinski definition) is 4. The van der Waals surface area contributed by atoms with Crippen LogP contribution < -0.4 is 9.62 Å². The van der Waals surface area contributed by atoms with Crippen molar-refractivity contribution in [2.45, 2.75) is 37.8 Å². The molecule has 0 spiro atoms. The second kappa shape index (κ2) is 11.1. The monoisotopic (exact) mass is 525 g/mol. The summed E-state index contributed by atoms with van der Waals surface area (Å²) >= 11 is 6.28. The van der Waals surface area contributed by atoms with Crippen LogP contribution >= 0.6 is 11.6 Å². The zero-order chi connectivity index (χ0) is 25.7. The Bertz CT molecular complexity index is 1360. The van der Waals surface area contributed by atoms with Crippen molar-refractivity contribution < 1.29 is 18.0 Å². The summed E-state index contributed by atoms with van der Waals surface area (Å²) in [7, 11) is -4.03. The van der Waals surface area contributed by atoms with E-state index in [-0.39, 0.29) is 17.3 Å². The Morgan fingerprint density at radius 2 is 1.69 bits per heavy atom. The van der Waals surface area contributed by atoms with E-state index in [1.54, 1.807) is 43.3 Å². The van der Waals surface area contributed by atoms with Gasteiger partial charge in [0, 0.05) is 31.1 Å². The molecule has 0 unspecified atom stereocenters. The quantitative estimate of drug-likeness (QED) is 0.451. The van der Waals surface area contributed by atoms with Crippen LogP contribution in [-0.2, 0) is 32.7 Å². The maximum absolute atomic E-state index is 13.5. The van der Waals surface area contributed by atoms with Crippen molar-refractivity contribution in [3.8, 4) is 0 Å². The number of hydrogen-bond donors (Lipinski definition) is 1. The molecule has 0 bridgehead atoms. The third-order valence-electron chi connectivity index (χ3n) is 6.25. The topological polar surface area (TPSA) is 86.8 Å². The van der Waals surface area contributed by atoms with Crippen molar-refractivity contribution in [3.05, 3.63) is 94.5 Å². The van der Waals surface area contributed by atoms with Crippen LogP contribution in [0.25, 0.3) is 0 Å². The number of sulfonamides is 1. The minimum absolute atomic E-state index is 0.0813. The molecule has 3 aromatic carbocycles. The normalized spacial score (nSPS) is 13.6. The Morgan fingerprint density at radius 1 is 1.00 bits per heavy atom. The molecule has 0 saturated carbocycles. The Labute approximate surface area is 216 Å². The largest absolute Gasteiger partial charge is 0.350 e. The zero-order valence-electron chi connectivity index (χ0n) is 20.0. The summed E-state index contributed by atoms with van der Waals surface area (Å²) < 4.78 is 28.2. The molecule has 0 atom stereocenters. The van der Waals surface area contributed by atoms with Crippen LogP contribution in [0.3, 0.4) is 0 Å². The smallest absolute Gasteiger partial charge is 0.264 e. The third-order valence-corrected chi connectivity index (χ3v) is 8.44. The molecular formula is C27H28ClN3O4S. The molecule has 2 amide bonds. The lowest BCUT2D eigenvalue weighted by Gasteiger charge is -2.26. The standard InChI is InChI=1S/C27H28ClN3O4S/c1-20-24(28)13-7-14-25(20)31(36(34,35)23-11-3-2-4-12-23)19-26(32)29-17-21-9-5-6-10-22(21)18-30-16-8-15-27(30)33/h2-7,9-14H,8,15-19H2,1H3,(H,29,32). The van der Waals surface area contributed by atoms with E-state index >= 15 is 0 Å². The van der Waals surface area contributed by atoms with Crippen LogP contribution in [0, 0.1) is 6.92 Å². The van der Waals surface area contributed by atoms with E-state index in [1.165, 1.54) is 12.1 Å². The van der Waals surface area contributed by atoms with Gasteiger partial charge in [-0.2, -0.15) is 0 Å². The van der Waals surface area contributed by atoms with Crippen LogP contribution in [0.2, 0.25) is 5.02 Å². The molecule has 3 aromatic rings. The van der Waals surface area contributed by atoms with Gasteiger partial charge in [0.05, 0.1) is 10.6 Å². The SMILES string of the molecule is Cc1c(Cl)cccc1N(CC(=O)NCc1ccccc1CN1CCCC1=O)S(=O)(=O)c1ccccc1. The van der Waals surface area contributed by atoms with E-state index in [0.717, 1.165) is 28.4 Å². The molecule has 4 rings (SSSR count). The van der Waals surface area contributed by atoms with E-state index < -0.39 is 22.5 Å². The minimum atomic E-state index is -4.03. The van der Waals surface area contributed by atoms with Gasteiger partial charge in [-0.25, -0.2) is 8.42 Å². The maximum atomic E-state index is 13.5. The number of amides is 2. The Morgan fingerprint density at radius 3 is 2.39 bits per heavy atom. The predicted octanol–water partition coefficient (Wildman–Crippen LogP) is 4.28. The average molecular weight is 526 g/mol. The van der Waals surface area contributed by atoms with E-state index in [2.05, 4.69) is 5.32 Å². The first-order valence-corrected chi connectivity index (χ1v) is 13.5. The molecule has 36 heavy (non-hydrogen) atoms. The molecule has 188 valence electrons. The number of carbonyl (C=O) groups is 2. The number of anilines is 1. The number of halogens is 1. The molecule has 1 heterocycles. The molecule has 0 aromatic heterocycles. The molecular weight excluding hydrogens is 498 g/mol. The van der Waals surface area contributed by atoms with Crippen LogP contribution in [0.1, 0.15) is 29.5 Å². The molecule has 7 nitrogen and oxygen atoms in total. The lowest BCUT2D eigenvalue weighted by Crippen LogP contribution is -2.41. The molecule has 1 N–H and O–H groups in total. The summed E-state index contributed by atoms with van der Waals surface area (Å²) in [6.07, 6.45) is 1.42. The van der Waals surface area contributed by atoms with Gasteiger partial charge in [0.2, 0.25) is 11.8 Å². The molecule has 1 fully saturated rings. The van der Waals surface area contributed by atoms with E-state index in [0.29, 0.717) is 29.2 Å². The Balaban J connectivity index is 1.54. The number of nitrogens with one attached hydrogen (secondary N) is 1. The van der Waals surface area contributed by atoms with Crippen molar-refractivity contribution in [2.24, 2.45) is 0 Å². The molecule has 1 aliphatic heterocycles. The fourth-order valence-electron chi connectivity index (χ4n) is 4.23. The molecule has 0 aliphatic carbocycles. The highest BCUT2D eigenvalue weighted by atomic mass is 35.5. The summed E-state index contributed by atoms with van der Waals surface area (Å²) in [5.74, 6) is -0.326. The van der Waals surface area contributed by atoms with E-state index in [4.69, 9.17) is 11.6 Å². The first kappa shape index (κ1) is 25.7. The van der Waals surface area contributed by atoms with Gasteiger partial charge in [0.25, 0.3) is 10.0 Å². The van der Waals surface area contributed by atoms with Crippen LogP contribution in [0.15, 0.2) is 77.7 Å². The predicted molar refractivity (Wildman–Crippen MR) is 140 cm³/mol.